The van der Waals surface area contributed by atoms with Crippen molar-refractivity contribution in [1.82, 2.24) is 5.32 Å². The van der Waals surface area contributed by atoms with Crippen LogP contribution < -0.4 is 16.0 Å². The van der Waals surface area contributed by atoms with Crippen molar-refractivity contribution in [2.75, 3.05) is 24.7 Å². The first kappa shape index (κ1) is 25.3. The number of anilines is 1. The van der Waals surface area contributed by atoms with E-state index >= 15 is 0 Å². The Morgan fingerprint density at radius 3 is 2.59 bits per heavy atom. The van der Waals surface area contributed by atoms with E-state index < -0.39 is 11.7 Å². The number of hydrogen-bond acceptors (Lipinski definition) is 4. The van der Waals surface area contributed by atoms with E-state index in [1.54, 1.807) is 12.1 Å². The third-order valence-electron chi connectivity index (χ3n) is 7.35. The number of nitrogens with zero attached hydrogens (tertiary/aromatic N) is 1. The summed E-state index contributed by atoms with van der Waals surface area (Å²) in [5.41, 5.74) is 10.6. The molecule has 1 fully saturated rings. The number of amides is 1. The Bertz CT molecular complexity index is 1280. The van der Waals surface area contributed by atoms with Gasteiger partial charge in [-0.25, -0.2) is 0 Å². The molecule has 2 heterocycles. The molecule has 0 saturated carbocycles. The quantitative estimate of drug-likeness (QED) is 0.462. The van der Waals surface area contributed by atoms with Crippen LogP contribution >= 0.6 is 0 Å². The van der Waals surface area contributed by atoms with Crippen molar-refractivity contribution in [3.63, 3.8) is 0 Å². The fraction of sp³-hybridized carbons (Fsp3) is 0.345. The number of nitrogens with two attached hydrogens (primary N) is 1. The minimum Gasteiger partial charge on any atom is -0.379 e. The number of halogens is 3. The summed E-state index contributed by atoms with van der Waals surface area (Å²) in [7, 11) is 0. The highest BCUT2D eigenvalue weighted by Gasteiger charge is 2.31. The van der Waals surface area contributed by atoms with E-state index in [4.69, 9.17) is 10.5 Å². The standard InChI is InChI=1S/C29H30F3N3O2/c1-18(19-2-4-20(5-3-19)26-15-24(29(30,31)32)9-8-23(26)16-33)34-28(36)22-7-6-21-10-12-35(27(21)14-22)25-11-13-37-17-25/h2-9,14-15,18,25H,10-13,16-17,33H2,1H3,(H,34,36)/t18-,25?/m1/s1. The van der Waals surface area contributed by atoms with Gasteiger partial charge in [-0.3, -0.25) is 4.79 Å². The van der Waals surface area contributed by atoms with Crippen LogP contribution in [-0.2, 0) is 23.9 Å². The minimum absolute atomic E-state index is 0.133. The van der Waals surface area contributed by atoms with Crippen molar-refractivity contribution in [2.45, 2.75) is 44.6 Å². The highest BCUT2D eigenvalue weighted by Crippen LogP contribution is 2.35. The van der Waals surface area contributed by atoms with E-state index in [0.29, 0.717) is 28.3 Å². The van der Waals surface area contributed by atoms with Crippen molar-refractivity contribution < 1.29 is 22.7 Å². The maximum atomic E-state index is 13.2. The van der Waals surface area contributed by atoms with Crippen LogP contribution in [0.2, 0.25) is 0 Å². The third kappa shape index (κ3) is 5.22. The van der Waals surface area contributed by atoms with Crippen LogP contribution in [0.15, 0.2) is 60.7 Å². The molecule has 0 bridgehead atoms. The largest absolute Gasteiger partial charge is 0.416 e. The number of nitrogens with one attached hydrogen (secondary N) is 1. The second-order valence-corrected chi connectivity index (χ2v) is 9.70. The molecule has 2 aliphatic rings. The molecule has 1 saturated heterocycles. The van der Waals surface area contributed by atoms with Gasteiger partial charge in [0.05, 0.1) is 24.3 Å². The summed E-state index contributed by atoms with van der Waals surface area (Å²) in [4.78, 5) is 15.4. The Morgan fingerprint density at radius 1 is 1.14 bits per heavy atom. The maximum Gasteiger partial charge on any atom is 0.416 e. The van der Waals surface area contributed by atoms with Crippen LogP contribution in [0, 0.1) is 0 Å². The predicted molar refractivity (Wildman–Crippen MR) is 137 cm³/mol. The fourth-order valence-electron chi connectivity index (χ4n) is 5.21. The molecule has 5 rings (SSSR count). The highest BCUT2D eigenvalue weighted by atomic mass is 19.4. The molecular weight excluding hydrogens is 479 g/mol. The summed E-state index contributed by atoms with van der Waals surface area (Å²) in [6.07, 6.45) is -2.47. The van der Waals surface area contributed by atoms with Crippen molar-refractivity contribution >= 4 is 11.6 Å². The molecule has 37 heavy (non-hydrogen) atoms. The number of benzene rings is 3. The smallest absolute Gasteiger partial charge is 0.379 e. The van der Waals surface area contributed by atoms with Crippen LogP contribution in [-0.4, -0.2) is 31.7 Å². The number of fused-ring (bicyclic) bond motifs is 1. The molecular formula is C29H30F3N3O2. The second-order valence-electron chi connectivity index (χ2n) is 9.70. The van der Waals surface area contributed by atoms with Gasteiger partial charge < -0.3 is 20.7 Å². The third-order valence-corrected chi connectivity index (χ3v) is 7.35. The number of carbonyl (C=O) groups is 1. The average Bonchev–Trinajstić information content (AvgIpc) is 3.57. The Balaban J connectivity index is 1.31. The summed E-state index contributed by atoms with van der Waals surface area (Å²) in [6.45, 7) is 4.45. The summed E-state index contributed by atoms with van der Waals surface area (Å²) >= 11 is 0. The molecule has 0 aliphatic carbocycles. The fourth-order valence-corrected chi connectivity index (χ4v) is 5.21. The van der Waals surface area contributed by atoms with E-state index in [-0.39, 0.29) is 18.5 Å². The highest BCUT2D eigenvalue weighted by molar-refractivity contribution is 5.95. The molecule has 194 valence electrons. The zero-order chi connectivity index (χ0) is 26.2. The lowest BCUT2D eigenvalue weighted by Crippen LogP contribution is -2.34. The normalized spacial score (nSPS) is 18.1. The predicted octanol–water partition coefficient (Wildman–Crippen LogP) is 5.47. The van der Waals surface area contributed by atoms with E-state index in [2.05, 4.69) is 10.2 Å². The number of carbonyl (C=O) groups excluding carboxylic acids is 1. The van der Waals surface area contributed by atoms with Gasteiger partial charge in [0, 0.05) is 30.9 Å². The van der Waals surface area contributed by atoms with Crippen LogP contribution in [0.5, 0.6) is 0 Å². The molecule has 3 aromatic carbocycles. The van der Waals surface area contributed by atoms with Crippen LogP contribution in [0.4, 0.5) is 18.9 Å². The lowest BCUT2D eigenvalue weighted by Gasteiger charge is -2.26. The first-order chi connectivity index (χ1) is 17.7. The Kier molecular flexibility index (Phi) is 6.96. The lowest BCUT2D eigenvalue weighted by molar-refractivity contribution is -0.137. The van der Waals surface area contributed by atoms with Crippen LogP contribution in [0.3, 0.4) is 0 Å². The molecule has 8 heteroatoms. The average molecular weight is 510 g/mol. The van der Waals surface area contributed by atoms with Crippen molar-refractivity contribution in [1.29, 1.82) is 0 Å². The number of alkyl halides is 3. The van der Waals surface area contributed by atoms with Gasteiger partial charge in [-0.1, -0.05) is 36.4 Å². The van der Waals surface area contributed by atoms with E-state index in [0.717, 1.165) is 56.0 Å². The summed E-state index contributed by atoms with van der Waals surface area (Å²) in [5, 5.41) is 3.05. The molecule has 3 aromatic rings. The SMILES string of the molecule is C[C@@H](NC(=O)c1ccc2c(c1)N(C1CCOC1)CC2)c1ccc(-c2cc(C(F)(F)F)ccc2CN)cc1. The molecule has 0 radical (unpaired) electrons. The summed E-state index contributed by atoms with van der Waals surface area (Å²) in [6, 6.07) is 16.7. The molecule has 0 spiro atoms. The summed E-state index contributed by atoms with van der Waals surface area (Å²) < 4.78 is 45.3. The summed E-state index contributed by atoms with van der Waals surface area (Å²) in [5.74, 6) is -0.169. The van der Waals surface area contributed by atoms with Gasteiger partial charge in [0.25, 0.3) is 5.91 Å². The van der Waals surface area contributed by atoms with Crippen molar-refractivity contribution in [3.8, 4) is 11.1 Å². The molecule has 5 nitrogen and oxygen atoms in total. The maximum absolute atomic E-state index is 13.2. The lowest BCUT2D eigenvalue weighted by atomic mass is 9.95. The molecule has 2 aliphatic heterocycles. The van der Waals surface area contributed by atoms with E-state index in [1.807, 2.05) is 37.3 Å². The topological polar surface area (TPSA) is 67.6 Å². The van der Waals surface area contributed by atoms with Gasteiger partial charge in [0.2, 0.25) is 0 Å². The van der Waals surface area contributed by atoms with Gasteiger partial charge in [-0.15, -0.1) is 0 Å². The van der Waals surface area contributed by atoms with Gasteiger partial charge in [0.15, 0.2) is 0 Å². The molecule has 2 atom stereocenters. The number of rotatable bonds is 6. The molecule has 3 N–H and O–H groups in total. The van der Waals surface area contributed by atoms with Crippen molar-refractivity contribution in [3.05, 3.63) is 88.5 Å². The molecule has 0 aromatic heterocycles. The van der Waals surface area contributed by atoms with E-state index in [1.165, 1.54) is 11.6 Å². The Labute approximate surface area is 214 Å². The van der Waals surface area contributed by atoms with Crippen LogP contribution in [0.25, 0.3) is 11.1 Å². The number of ether oxygens (including phenoxy) is 1. The van der Waals surface area contributed by atoms with Gasteiger partial charge in [-0.05, 0) is 71.8 Å². The monoisotopic (exact) mass is 509 g/mol. The first-order valence-electron chi connectivity index (χ1n) is 12.5. The first-order valence-corrected chi connectivity index (χ1v) is 12.5. The van der Waals surface area contributed by atoms with Gasteiger partial charge >= 0.3 is 6.18 Å². The Morgan fingerprint density at radius 2 is 1.92 bits per heavy atom. The molecule has 1 unspecified atom stereocenters. The van der Waals surface area contributed by atoms with Crippen molar-refractivity contribution in [2.24, 2.45) is 5.73 Å². The number of hydrogen-bond donors (Lipinski definition) is 2. The second kappa shape index (κ2) is 10.2. The molecule has 1 amide bonds. The van der Waals surface area contributed by atoms with Gasteiger partial charge in [-0.2, -0.15) is 13.2 Å². The zero-order valence-electron chi connectivity index (χ0n) is 20.6. The minimum atomic E-state index is -4.43. The zero-order valence-corrected chi connectivity index (χ0v) is 20.6. The van der Waals surface area contributed by atoms with E-state index in [9.17, 15) is 18.0 Å². The Hall–Kier alpha value is -3.36. The van der Waals surface area contributed by atoms with Gasteiger partial charge in [0.1, 0.15) is 0 Å². The van der Waals surface area contributed by atoms with Crippen LogP contribution in [0.1, 0.15) is 52.0 Å².